The van der Waals surface area contributed by atoms with Gasteiger partial charge in [0.15, 0.2) is 5.65 Å². The molecule has 3 aromatic rings. The molecule has 29 heavy (non-hydrogen) atoms. The number of fused-ring (bicyclic) bond motifs is 1. The number of anilines is 1. The summed E-state index contributed by atoms with van der Waals surface area (Å²) in [5.74, 6) is 0.285. The molecule has 0 atom stereocenters. The van der Waals surface area contributed by atoms with Gasteiger partial charge in [-0.15, -0.1) is 0 Å². The second-order valence-corrected chi connectivity index (χ2v) is 6.99. The van der Waals surface area contributed by atoms with Crippen LogP contribution >= 0.6 is 0 Å². The van der Waals surface area contributed by atoms with Crippen LogP contribution in [-0.2, 0) is 6.18 Å². The quantitative estimate of drug-likeness (QED) is 0.727. The van der Waals surface area contributed by atoms with Crippen LogP contribution in [0.2, 0.25) is 0 Å². The van der Waals surface area contributed by atoms with Crippen molar-refractivity contribution in [2.75, 3.05) is 18.0 Å². The van der Waals surface area contributed by atoms with Crippen LogP contribution in [-0.4, -0.2) is 44.6 Å². The molecule has 1 saturated heterocycles. The van der Waals surface area contributed by atoms with E-state index in [4.69, 9.17) is 0 Å². The van der Waals surface area contributed by atoms with Crippen molar-refractivity contribution in [2.24, 2.45) is 0 Å². The summed E-state index contributed by atoms with van der Waals surface area (Å²) in [4.78, 5) is 22.9. The standard InChI is InChI=1S/C19H19F3N6O/c1-12-16(17-23-7-2-8-28(17)26-12)18(29)25-14-5-9-27(10-6-14)15-4-3-13(11-24-15)19(20,21)22/h2-4,7-8,11,14H,5-6,9-10H2,1H3,(H,25,29). The molecule has 0 bridgehead atoms. The van der Waals surface area contributed by atoms with Gasteiger partial charge in [-0.2, -0.15) is 18.3 Å². The normalized spacial score (nSPS) is 15.7. The van der Waals surface area contributed by atoms with E-state index in [0.717, 1.165) is 12.3 Å². The predicted octanol–water partition coefficient (Wildman–Crippen LogP) is 2.85. The third-order valence-corrected chi connectivity index (χ3v) is 5.03. The summed E-state index contributed by atoms with van der Waals surface area (Å²) >= 11 is 0. The van der Waals surface area contributed by atoms with Gasteiger partial charge in [0.05, 0.1) is 11.3 Å². The molecule has 4 heterocycles. The summed E-state index contributed by atoms with van der Waals surface area (Å²) in [6, 6.07) is 4.13. The number of carbonyl (C=O) groups is 1. The average molecular weight is 404 g/mol. The molecule has 0 radical (unpaired) electrons. The first-order chi connectivity index (χ1) is 13.8. The number of alkyl halides is 3. The van der Waals surface area contributed by atoms with Crippen molar-refractivity contribution < 1.29 is 18.0 Å². The smallest absolute Gasteiger partial charge is 0.356 e. The SMILES string of the molecule is Cc1nn2cccnc2c1C(=O)NC1CCN(c2ccc(C(F)(F)F)cn2)CC1. The van der Waals surface area contributed by atoms with E-state index in [1.165, 1.54) is 6.07 Å². The Hall–Kier alpha value is -3.17. The topological polar surface area (TPSA) is 75.4 Å². The van der Waals surface area contributed by atoms with Crippen molar-refractivity contribution in [3.8, 4) is 0 Å². The van der Waals surface area contributed by atoms with E-state index in [2.05, 4.69) is 20.4 Å². The molecule has 1 aliphatic heterocycles. The summed E-state index contributed by atoms with van der Waals surface area (Å²) in [5, 5.41) is 7.33. The molecule has 4 rings (SSSR count). The number of pyridine rings is 1. The molecule has 1 N–H and O–H groups in total. The Morgan fingerprint density at radius 2 is 1.97 bits per heavy atom. The number of aryl methyl sites for hydroxylation is 1. The Kier molecular flexibility index (Phi) is 4.85. The zero-order valence-corrected chi connectivity index (χ0v) is 15.6. The summed E-state index contributed by atoms with van der Waals surface area (Å²) < 4.78 is 39.6. The van der Waals surface area contributed by atoms with Crippen molar-refractivity contribution in [1.29, 1.82) is 0 Å². The lowest BCUT2D eigenvalue weighted by Crippen LogP contribution is -2.45. The molecule has 0 aromatic carbocycles. The fourth-order valence-electron chi connectivity index (χ4n) is 3.51. The molecule has 1 amide bonds. The van der Waals surface area contributed by atoms with Crippen molar-refractivity contribution in [3.05, 3.63) is 53.6 Å². The minimum absolute atomic E-state index is 0.0359. The van der Waals surface area contributed by atoms with Crippen LogP contribution in [0.5, 0.6) is 0 Å². The Balaban J connectivity index is 1.38. The van der Waals surface area contributed by atoms with E-state index in [-0.39, 0.29) is 11.9 Å². The largest absolute Gasteiger partial charge is 0.417 e. The number of hydrogen-bond donors (Lipinski definition) is 1. The minimum atomic E-state index is -4.39. The lowest BCUT2D eigenvalue weighted by Gasteiger charge is -2.33. The Labute approximate surface area is 164 Å². The highest BCUT2D eigenvalue weighted by Crippen LogP contribution is 2.29. The van der Waals surface area contributed by atoms with Gasteiger partial charge >= 0.3 is 6.18 Å². The number of carbonyl (C=O) groups excluding carboxylic acids is 1. The highest BCUT2D eigenvalue weighted by atomic mass is 19.4. The maximum absolute atomic E-state index is 12.8. The lowest BCUT2D eigenvalue weighted by atomic mass is 10.0. The van der Waals surface area contributed by atoms with E-state index in [1.54, 1.807) is 29.9 Å². The summed E-state index contributed by atoms with van der Waals surface area (Å²) in [6.45, 7) is 2.95. The average Bonchev–Trinajstić information content (AvgIpc) is 3.04. The minimum Gasteiger partial charge on any atom is -0.356 e. The number of nitrogens with zero attached hydrogens (tertiary/aromatic N) is 5. The molecule has 3 aromatic heterocycles. The fraction of sp³-hybridized carbons (Fsp3) is 0.368. The molecule has 0 unspecified atom stereocenters. The predicted molar refractivity (Wildman–Crippen MR) is 99.7 cm³/mol. The number of amides is 1. The molecule has 1 aliphatic rings. The van der Waals surface area contributed by atoms with Crippen molar-refractivity contribution in [1.82, 2.24) is 24.9 Å². The second kappa shape index (κ2) is 7.34. The first-order valence-corrected chi connectivity index (χ1v) is 9.22. The Morgan fingerprint density at radius 1 is 1.21 bits per heavy atom. The van der Waals surface area contributed by atoms with Gasteiger partial charge in [0.1, 0.15) is 11.4 Å². The van der Waals surface area contributed by atoms with Crippen LogP contribution in [0.25, 0.3) is 5.65 Å². The molecule has 10 heteroatoms. The molecule has 152 valence electrons. The number of rotatable bonds is 3. The van der Waals surface area contributed by atoms with E-state index in [1.807, 2.05) is 4.90 Å². The third kappa shape index (κ3) is 3.87. The van der Waals surface area contributed by atoms with E-state index in [9.17, 15) is 18.0 Å². The number of aromatic nitrogens is 4. The van der Waals surface area contributed by atoms with Crippen molar-refractivity contribution in [2.45, 2.75) is 32.0 Å². The summed E-state index contributed by atoms with van der Waals surface area (Å²) in [7, 11) is 0. The van der Waals surface area contributed by atoms with Crippen LogP contribution in [0, 0.1) is 6.92 Å². The second-order valence-electron chi connectivity index (χ2n) is 6.99. The van der Waals surface area contributed by atoms with Gasteiger partial charge in [0, 0.05) is 37.7 Å². The van der Waals surface area contributed by atoms with Gasteiger partial charge in [-0.1, -0.05) is 0 Å². The Bertz CT molecular complexity index is 1020. The maximum Gasteiger partial charge on any atom is 0.417 e. The molecule has 0 aliphatic carbocycles. The lowest BCUT2D eigenvalue weighted by molar-refractivity contribution is -0.137. The van der Waals surface area contributed by atoms with Crippen LogP contribution < -0.4 is 10.2 Å². The monoisotopic (exact) mass is 404 g/mol. The summed E-state index contributed by atoms with van der Waals surface area (Å²) in [5.41, 5.74) is 0.805. The van der Waals surface area contributed by atoms with Crippen molar-refractivity contribution in [3.63, 3.8) is 0 Å². The first kappa shape index (κ1) is 19.2. The van der Waals surface area contributed by atoms with Gasteiger partial charge in [0.25, 0.3) is 5.91 Å². The zero-order valence-electron chi connectivity index (χ0n) is 15.6. The number of nitrogens with one attached hydrogen (secondary N) is 1. The van der Waals surface area contributed by atoms with Gasteiger partial charge in [-0.3, -0.25) is 4.79 Å². The van der Waals surface area contributed by atoms with Crippen LogP contribution in [0.15, 0.2) is 36.8 Å². The molecule has 0 spiro atoms. The molecule has 7 nitrogen and oxygen atoms in total. The number of hydrogen-bond acceptors (Lipinski definition) is 5. The molecular formula is C19H19F3N6O. The van der Waals surface area contributed by atoms with Crippen LogP contribution in [0.1, 0.15) is 34.5 Å². The number of halogens is 3. The fourth-order valence-corrected chi connectivity index (χ4v) is 3.51. The van der Waals surface area contributed by atoms with E-state index in [0.29, 0.717) is 48.7 Å². The van der Waals surface area contributed by atoms with Gasteiger partial charge < -0.3 is 10.2 Å². The molecular weight excluding hydrogens is 385 g/mol. The summed E-state index contributed by atoms with van der Waals surface area (Å²) in [6.07, 6.45) is 1.14. The van der Waals surface area contributed by atoms with Gasteiger partial charge in [0.2, 0.25) is 0 Å². The highest BCUT2D eigenvalue weighted by Gasteiger charge is 2.31. The molecule has 1 fully saturated rings. The highest BCUT2D eigenvalue weighted by molar-refractivity contribution is 6.01. The van der Waals surface area contributed by atoms with Crippen LogP contribution in [0.3, 0.4) is 0 Å². The van der Waals surface area contributed by atoms with Gasteiger partial charge in [-0.25, -0.2) is 14.5 Å². The maximum atomic E-state index is 12.8. The molecule has 0 saturated carbocycles. The number of piperidine rings is 1. The zero-order chi connectivity index (χ0) is 20.6. The first-order valence-electron chi connectivity index (χ1n) is 9.22. The Morgan fingerprint density at radius 3 is 2.62 bits per heavy atom. The van der Waals surface area contributed by atoms with E-state index < -0.39 is 11.7 Å². The van der Waals surface area contributed by atoms with Crippen LogP contribution in [0.4, 0.5) is 19.0 Å². The van der Waals surface area contributed by atoms with Crippen molar-refractivity contribution >= 4 is 17.4 Å². The van der Waals surface area contributed by atoms with E-state index >= 15 is 0 Å². The van der Waals surface area contributed by atoms with Gasteiger partial charge in [-0.05, 0) is 38.0 Å². The third-order valence-electron chi connectivity index (χ3n) is 5.03.